The predicted octanol–water partition coefficient (Wildman–Crippen LogP) is 2.59. The molecule has 29 heavy (non-hydrogen) atoms. The SMILES string of the molecule is CC(C)(C)NC(=O)CN1C2CC1CN(C(=O)NCC13CC4CC(CC(C4)C1)C3)C2. The molecule has 0 spiro atoms. The Balaban J connectivity index is 1.11. The van der Waals surface area contributed by atoms with Gasteiger partial charge in [0.15, 0.2) is 0 Å². The van der Waals surface area contributed by atoms with Crippen LogP contribution in [0.25, 0.3) is 0 Å². The first-order valence-corrected chi connectivity index (χ1v) is 11.8. The van der Waals surface area contributed by atoms with Crippen LogP contribution >= 0.6 is 0 Å². The first-order chi connectivity index (χ1) is 13.7. The number of carbonyl (C=O) groups is 2. The molecule has 3 saturated heterocycles. The number of piperidine rings is 1. The number of urea groups is 1. The largest absolute Gasteiger partial charge is 0.350 e. The minimum Gasteiger partial charge on any atom is -0.350 e. The fourth-order valence-corrected chi connectivity index (χ4v) is 7.62. The van der Waals surface area contributed by atoms with Crippen molar-refractivity contribution in [1.29, 1.82) is 0 Å². The van der Waals surface area contributed by atoms with Crippen molar-refractivity contribution in [2.24, 2.45) is 23.2 Å². The summed E-state index contributed by atoms with van der Waals surface area (Å²) in [5.41, 5.74) is 0.195. The highest BCUT2D eigenvalue weighted by Gasteiger charge is 2.51. The molecule has 3 amide bonds. The Hall–Kier alpha value is -1.30. The Morgan fingerprint density at radius 3 is 2.00 bits per heavy atom. The zero-order chi connectivity index (χ0) is 20.4. The number of hydrogen-bond donors (Lipinski definition) is 2. The Morgan fingerprint density at radius 1 is 0.931 bits per heavy atom. The predicted molar refractivity (Wildman–Crippen MR) is 112 cm³/mol. The van der Waals surface area contributed by atoms with Crippen LogP contribution in [0.5, 0.6) is 0 Å². The lowest BCUT2D eigenvalue weighted by molar-refractivity contribution is -0.131. The zero-order valence-electron chi connectivity index (χ0n) is 18.4. The standard InChI is InChI=1S/C23H38N4O2/c1-22(2,3)25-20(28)13-27-18-7-19(27)12-26(11-18)21(29)24-14-23-8-15-4-16(9-23)6-17(5-15)10-23/h15-19H,4-14H2,1-3H3,(H,24,29)(H,25,28). The third kappa shape index (κ3) is 3.89. The highest BCUT2D eigenvalue weighted by molar-refractivity contribution is 5.79. The molecule has 3 aliphatic heterocycles. The maximum Gasteiger partial charge on any atom is 0.317 e. The minimum absolute atomic E-state index is 0.0897. The van der Waals surface area contributed by atoms with Gasteiger partial charge in [-0.3, -0.25) is 9.69 Å². The molecule has 6 bridgehead atoms. The molecule has 2 unspecified atom stereocenters. The number of nitrogens with zero attached hydrogens (tertiary/aromatic N) is 2. The lowest BCUT2D eigenvalue weighted by Gasteiger charge is -2.57. The van der Waals surface area contributed by atoms with E-state index in [4.69, 9.17) is 0 Å². The second-order valence-corrected chi connectivity index (χ2v) is 12.0. The average molecular weight is 403 g/mol. The van der Waals surface area contributed by atoms with Crippen molar-refractivity contribution >= 4 is 11.9 Å². The number of nitrogens with one attached hydrogen (secondary N) is 2. The molecule has 2 atom stereocenters. The summed E-state index contributed by atoms with van der Waals surface area (Å²) < 4.78 is 0. The highest BCUT2D eigenvalue weighted by atomic mass is 16.2. The Bertz CT molecular complexity index is 638. The van der Waals surface area contributed by atoms with Gasteiger partial charge in [0.1, 0.15) is 0 Å². The van der Waals surface area contributed by atoms with Gasteiger partial charge in [0.25, 0.3) is 0 Å². The van der Waals surface area contributed by atoms with E-state index in [1.807, 2.05) is 25.7 Å². The summed E-state index contributed by atoms with van der Waals surface area (Å²) >= 11 is 0. The van der Waals surface area contributed by atoms with Crippen molar-refractivity contribution in [3.8, 4) is 0 Å². The molecule has 2 N–H and O–H groups in total. The quantitative estimate of drug-likeness (QED) is 0.760. The van der Waals surface area contributed by atoms with Gasteiger partial charge in [0, 0.05) is 37.3 Å². The van der Waals surface area contributed by atoms with Crippen LogP contribution in [0.4, 0.5) is 4.79 Å². The number of fused-ring (bicyclic) bond motifs is 2. The summed E-state index contributed by atoms with van der Waals surface area (Å²) in [6, 6.07) is 0.795. The van der Waals surface area contributed by atoms with Gasteiger partial charge in [0.2, 0.25) is 5.91 Å². The van der Waals surface area contributed by atoms with Crippen LogP contribution in [0, 0.1) is 23.2 Å². The second kappa shape index (κ2) is 6.86. The lowest BCUT2D eigenvalue weighted by atomic mass is 9.49. The Kier molecular flexibility index (Phi) is 4.65. The lowest BCUT2D eigenvalue weighted by Crippen LogP contribution is -2.71. The molecular weight excluding hydrogens is 364 g/mol. The topological polar surface area (TPSA) is 64.7 Å². The van der Waals surface area contributed by atoms with Crippen LogP contribution in [-0.2, 0) is 4.79 Å². The summed E-state index contributed by atoms with van der Waals surface area (Å²) in [7, 11) is 0. The van der Waals surface area contributed by atoms with Gasteiger partial charge in [-0.25, -0.2) is 4.79 Å². The number of carbonyl (C=O) groups excluding carboxylic acids is 2. The van der Waals surface area contributed by atoms with Gasteiger partial charge < -0.3 is 15.5 Å². The molecule has 4 saturated carbocycles. The summed E-state index contributed by atoms with van der Waals surface area (Å²) in [6.45, 7) is 8.87. The average Bonchev–Trinajstić information content (AvgIpc) is 2.62. The number of rotatable bonds is 4. The van der Waals surface area contributed by atoms with Gasteiger partial charge in [-0.1, -0.05) is 0 Å². The first-order valence-electron chi connectivity index (χ1n) is 11.8. The van der Waals surface area contributed by atoms with Gasteiger partial charge in [-0.15, -0.1) is 0 Å². The van der Waals surface area contributed by atoms with Crippen LogP contribution < -0.4 is 10.6 Å². The number of amides is 3. The van der Waals surface area contributed by atoms with Crippen molar-refractivity contribution in [2.75, 3.05) is 26.2 Å². The van der Waals surface area contributed by atoms with Crippen molar-refractivity contribution in [2.45, 2.75) is 83.3 Å². The molecule has 7 rings (SSSR count). The van der Waals surface area contributed by atoms with E-state index >= 15 is 0 Å². The van der Waals surface area contributed by atoms with Crippen molar-refractivity contribution < 1.29 is 9.59 Å². The van der Waals surface area contributed by atoms with Crippen LogP contribution in [0.2, 0.25) is 0 Å². The second-order valence-electron chi connectivity index (χ2n) is 12.0. The van der Waals surface area contributed by atoms with E-state index in [0.717, 1.165) is 43.8 Å². The van der Waals surface area contributed by atoms with Crippen LogP contribution in [0.3, 0.4) is 0 Å². The van der Waals surface area contributed by atoms with Gasteiger partial charge in [0.05, 0.1) is 6.54 Å². The molecule has 6 heteroatoms. The number of piperazine rings is 1. The zero-order valence-corrected chi connectivity index (χ0v) is 18.4. The van der Waals surface area contributed by atoms with E-state index in [0.29, 0.717) is 24.0 Å². The summed E-state index contributed by atoms with van der Waals surface area (Å²) in [6.07, 6.45) is 9.45. The van der Waals surface area contributed by atoms with E-state index in [9.17, 15) is 9.59 Å². The maximum absolute atomic E-state index is 12.9. The molecule has 0 radical (unpaired) electrons. The molecular formula is C23H38N4O2. The van der Waals surface area contributed by atoms with Crippen molar-refractivity contribution in [3.63, 3.8) is 0 Å². The first kappa shape index (κ1) is 19.7. The normalized spacial score (nSPS) is 40.5. The Labute approximate surface area is 175 Å². The van der Waals surface area contributed by atoms with Gasteiger partial charge in [-0.05, 0) is 88.9 Å². The smallest absolute Gasteiger partial charge is 0.317 e. The van der Waals surface area contributed by atoms with Crippen LogP contribution in [0.15, 0.2) is 0 Å². The molecule has 162 valence electrons. The molecule has 0 aromatic carbocycles. The minimum atomic E-state index is -0.194. The molecule has 7 fully saturated rings. The third-order valence-electron chi connectivity index (χ3n) is 8.25. The van der Waals surface area contributed by atoms with E-state index in [1.54, 1.807) is 0 Å². The van der Waals surface area contributed by atoms with Crippen molar-refractivity contribution in [3.05, 3.63) is 0 Å². The van der Waals surface area contributed by atoms with Crippen LogP contribution in [-0.4, -0.2) is 65.5 Å². The maximum atomic E-state index is 12.9. The van der Waals surface area contributed by atoms with Gasteiger partial charge >= 0.3 is 6.03 Å². The molecule has 0 aromatic rings. The van der Waals surface area contributed by atoms with E-state index in [-0.39, 0.29) is 17.5 Å². The summed E-state index contributed by atoms with van der Waals surface area (Å²) in [5, 5.41) is 6.38. The fraction of sp³-hybridized carbons (Fsp3) is 0.913. The Morgan fingerprint density at radius 2 is 1.48 bits per heavy atom. The molecule has 6 nitrogen and oxygen atoms in total. The van der Waals surface area contributed by atoms with E-state index < -0.39 is 0 Å². The molecule has 3 heterocycles. The monoisotopic (exact) mass is 402 g/mol. The van der Waals surface area contributed by atoms with E-state index in [1.165, 1.54) is 38.5 Å². The highest BCUT2D eigenvalue weighted by Crippen LogP contribution is 2.59. The molecule has 7 aliphatic rings. The summed E-state index contributed by atoms with van der Waals surface area (Å²) in [4.78, 5) is 29.4. The number of hydrogen-bond acceptors (Lipinski definition) is 3. The summed E-state index contributed by atoms with van der Waals surface area (Å²) in [5.74, 6) is 2.86. The third-order valence-corrected chi connectivity index (χ3v) is 8.25. The fourth-order valence-electron chi connectivity index (χ4n) is 7.62. The van der Waals surface area contributed by atoms with Gasteiger partial charge in [-0.2, -0.15) is 0 Å². The van der Waals surface area contributed by atoms with Crippen LogP contribution in [0.1, 0.15) is 65.7 Å². The van der Waals surface area contributed by atoms with Crippen molar-refractivity contribution in [1.82, 2.24) is 20.4 Å². The molecule has 4 aliphatic carbocycles. The van der Waals surface area contributed by atoms with E-state index in [2.05, 4.69) is 15.5 Å². The molecule has 0 aromatic heterocycles.